The lowest BCUT2D eigenvalue weighted by atomic mass is 9.83. The van der Waals surface area contributed by atoms with Gasteiger partial charge in [0.1, 0.15) is 0 Å². The Bertz CT molecular complexity index is 977. The standard InChI is InChI=1S/C21H28FN9/c1-28-12-16(10-25-28)26-20-24-11-18(22)19(27-20)30-14-21(15-30,5-6-23)31-9-8-29-7-3-2-4-17(29)13-31/h10-12,17H,2-5,7-9,13-15H2,1H3,(H,24,26,27)/t17-/m1/s1. The molecule has 1 atom stereocenters. The Labute approximate surface area is 181 Å². The summed E-state index contributed by atoms with van der Waals surface area (Å²) >= 11 is 0. The summed E-state index contributed by atoms with van der Waals surface area (Å²) in [4.78, 5) is 15.5. The van der Waals surface area contributed by atoms with E-state index in [1.54, 1.807) is 17.1 Å². The van der Waals surface area contributed by atoms with Crippen molar-refractivity contribution in [3.05, 3.63) is 24.4 Å². The average Bonchev–Trinajstić information content (AvgIpc) is 3.16. The first-order valence-corrected chi connectivity index (χ1v) is 11.0. The maximum absolute atomic E-state index is 14.6. The maximum Gasteiger partial charge on any atom is 0.229 e. The summed E-state index contributed by atoms with van der Waals surface area (Å²) < 4.78 is 16.3. The van der Waals surface area contributed by atoms with E-state index in [4.69, 9.17) is 0 Å². The van der Waals surface area contributed by atoms with Crippen molar-refractivity contribution >= 4 is 17.5 Å². The van der Waals surface area contributed by atoms with E-state index in [0.717, 1.165) is 25.3 Å². The van der Waals surface area contributed by atoms with Gasteiger partial charge >= 0.3 is 0 Å². The van der Waals surface area contributed by atoms with Gasteiger partial charge in [-0.3, -0.25) is 14.5 Å². The highest BCUT2D eigenvalue weighted by Gasteiger charge is 2.50. The number of nitrogens with one attached hydrogen (secondary N) is 1. The van der Waals surface area contributed by atoms with Crippen molar-refractivity contribution in [3.63, 3.8) is 0 Å². The van der Waals surface area contributed by atoms with Crippen LogP contribution in [0.2, 0.25) is 0 Å². The van der Waals surface area contributed by atoms with E-state index in [9.17, 15) is 9.65 Å². The number of aryl methyl sites for hydroxylation is 1. The fraction of sp³-hybridized carbons (Fsp3) is 0.619. The molecule has 0 amide bonds. The van der Waals surface area contributed by atoms with Crippen LogP contribution in [-0.2, 0) is 7.05 Å². The van der Waals surface area contributed by atoms with Crippen LogP contribution in [0.25, 0.3) is 0 Å². The Morgan fingerprint density at radius 1 is 1.26 bits per heavy atom. The molecule has 3 aliphatic heterocycles. The first-order valence-electron chi connectivity index (χ1n) is 11.0. The summed E-state index contributed by atoms with van der Waals surface area (Å²) in [5.74, 6) is 0.170. The lowest BCUT2D eigenvalue weighted by Crippen LogP contribution is -2.74. The normalized spacial score (nSPS) is 23.6. The first-order chi connectivity index (χ1) is 15.1. The molecule has 3 fully saturated rings. The number of hydrogen-bond acceptors (Lipinski definition) is 8. The molecule has 3 saturated heterocycles. The van der Waals surface area contributed by atoms with Gasteiger partial charge in [-0.2, -0.15) is 15.3 Å². The number of piperidine rings is 1. The van der Waals surface area contributed by atoms with E-state index in [2.05, 4.69) is 36.3 Å². The molecule has 0 radical (unpaired) electrons. The summed E-state index contributed by atoms with van der Waals surface area (Å²) in [6.45, 7) is 5.41. The number of halogens is 1. The van der Waals surface area contributed by atoms with Crippen molar-refractivity contribution in [1.82, 2.24) is 29.5 Å². The molecule has 5 heterocycles. The van der Waals surface area contributed by atoms with Crippen LogP contribution >= 0.6 is 0 Å². The number of aromatic nitrogens is 4. The summed E-state index contributed by atoms with van der Waals surface area (Å²) in [5, 5.41) is 16.7. The fourth-order valence-corrected chi connectivity index (χ4v) is 5.23. The molecular formula is C21H28FN9. The topological polar surface area (TPSA) is 89.1 Å². The van der Waals surface area contributed by atoms with E-state index in [1.165, 1.54) is 32.0 Å². The molecule has 2 aromatic heterocycles. The van der Waals surface area contributed by atoms with Gasteiger partial charge in [-0.05, 0) is 19.4 Å². The minimum atomic E-state index is -0.445. The fourth-order valence-electron chi connectivity index (χ4n) is 5.23. The summed E-state index contributed by atoms with van der Waals surface area (Å²) in [7, 11) is 1.82. The van der Waals surface area contributed by atoms with Crippen LogP contribution in [0.1, 0.15) is 25.7 Å². The van der Waals surface area contributed by atoms with Gasteiger partial charge in [-0.15, -0.1) is 0 Å². The molecule has 0 aromatic carbocycles. The van der Waals surface area contributed by atoms with E-state index < -0.39 is 5.82 Å². The van der Waals surface area contributed by atoms with E-state index in [-0.39, 0.29) is 11.4 Å². The zero-order valence-corrected chi connectivity index (χ0v) is 17.8. The van der Waals surface area contributed by atoms with Crippen LogP contribution in [0.4, 0.5) is 21.8 Å². The molecule has 0 saturated carbocycles. The molecule has 5 rings (SSSR count). The minimum absolute atomic E-state index is 0.230. The second-order valence-corrected chi connectivity index (χ2v) is 8.94. The lowest BCUT2D eigenvalue weighted by Gasteiger charge is -2.58. The molecule has 0 aliphatic carbocycles. The van der Waals surface area contributed by atoms with Crippen LogP contribution < -0.4 is 10.2 Å². The van der Waals surface area contributed by atoms with Crippen molar-refractivity contribution in [2.75, 3.05) is 49.5 Å². The molecule has 9 nitrogen and oxygen atoms in total. The molecule has 10 heteroatoms. The summed E-state index contributed by atoms with van der Waals surface area (Å²) in [6, 6.07) is 2.96. The van der Waals surface area contributed by atoms with Crippen molar-refractivity contribution in [1.29, 1.82) is 5.26 Å². The van der Waals surface area contributed by atoms with Crippen LogP contribution in [0.3, 0.4) is 0 Å². The number of rotatable bonds is 5. The second kappa shape index (κ2) is 8.05. The predicted octanol–water partition coefficient (Wildman–Crippen LogP) is 1.74. The molecule has 31 heavy (non-hydrogen) atoms. The number of anilines is 3. The maximum atomic E-state index is 14.6. The van der Waals surface area contributed by atoms with Gasteiger partial charge in [-0.25, -0.2) is 9.37 Å². The predicted molar refractivity (Wildman–Crippen MR) is 114 cm³/mol. The smallest absolute Gasteiger partial charge is 0.229 e. The molecular weight excluding hydrogens is 397 g/mol. The van der Waals surface area contributed by atoms with Crippen molar-refractivity contribution in [3.8, 4) is 6.07 Å². The molecule has 0 unspecified atom stereocenters. The molecule has 164 valence electrons. The van der Waals surface area contributed by atoms with Crippen LogP contribution in [0, 0.1) is 17.1 Å². The van der Waals surface area contributed by atoms with Crippen LogP contribution in [0.15, 0.2) is 18.6 Å². The van der Waals surface area contributed by atoms with Crippen molar-refractivity contribution < 1.29 is 4.39 Å². The van der Waals surface area contributed by atoms with Gasteiger partial charge in [0.25, 0.3) is 0 Å². The minimum Gasteiger partial charge on any atom is -0.350 e. The molecule has 2 aromatic rings. The van der Waals surface area contributed by atoms with Crippen molar-refractivity contribution in [2.24, 2.45) is 7.05 Å². The number of piperazine rings is 1. The van der Waals surface area contributed by atoms with Gasteiger partial charge in [0.15, 0.2) is 11.6 Å². The zero-order valence-electron chi connectivity index (χ0n) is 17.8. The zero-order chi connectivity index (χ0) is 21.4. The third-order valence-corrected chi connectivity index (χ3v) is 6.87. The van der Waals surface area contributed by atoms with Gasteiger partial charge in [0.2, 0.25) is 5.95 Å². The number of fused-ring (bicyclic) bond motifs is 1. The third kappa shape index (κ3) is 3.83. The Kier molecular flexibility index (Phi) is 5.24. The molecule has 0 spiro atoms. The third-order valence-electron chi connectivity index (χ3n) is 6.87. The quantitative estimate of drug-likeness (QED) is 0.775. The molecule has 1 N–H and O–H groups in total. The van der Waals surface area contributed by atoms with Crippen LogP contribution in [-0.4, -0.2) is 80.4 Å². The summed E-state index contributed by atoms with van der Waals surface area (Å²) in [5.41, 5.74) is 0.514. The van der Waals surface area contributed by atoms with Gasteiger partial charge in [-0.1, -0.05) is 6.42 Å². The second-order valence-electron chi connectivity index (χ2n) is 8.94. The highest BCUT2D eigenvalue weighted by molar-refractivity contribution is 5.55. The average molecular weight is 426 g/mol. The monoisotopic (exact) mass is 425 g/mol. The summed E-state index contributed by atoms with van der Waals surface area (Å²) in [6.07, 6.45) is 8.92. The highest BCUT2D eigenvalue weighted by Crippen LogP contribution is 2.37. The van der Waals surface area contributed by atoms with E-state index in [0.29, 0.717) is 31.5 Å². The number of nitrogens with zero attached hydrogens (tertiary/aromatic N) is 8. The van der Waals surface area contributed by atoms with E-state index >= 15 is 0 Å². The Hall–Kier alpha value is -2.77. The molecule has 3 aliphatic rings. The largest absolute Gasteiger partial charge is 0.350 e. The Morgan fingerprint density at radius 2 is 2.13 bits per heavy atom. The van der Waals surface area contributed by atoms with E-state index in [1.807, 2.05) is 11.9 Å². The van der Waals surface area contributed by atoms with Gasteiger partial charge in [0.05, 0.1) is 36.1 Å². The van der Waals surface area contributed by atoms with Gasteiger partial charge < -0.3 is 10.2 Å². The van der Waals surface area contributed by atoms with Crippen LogP contribution in [0.5, 0.6) is 0 Å². The Morgan fingerprint density at radius 3 is 2.90 bits per heavy atom. The molecule has 0 bridgehead atoms. The first kappa shape index (κ1) is 20.2. The SMILES string of the molecule is Cn1cc(Nc2ncc(F)c(N3CC(CC#N)(N4CCN5CCCC[C@@H]5C4)C3)n2)cn1. The Balaban J connectivity index is 1.30. The van der Waals surface area contributed by atoms with Crippen molar-refractivity contribution in [2.45, 2.75) is 37.3 Å². The number of hydrogen-bond donors (Lipinski definition) is 1. The number of nitriles is 1. The highest BCUT2D eigenvalue weighted by atomic mass is 19.1. The lowest BCUT2D eigenvalue weighted by molar-refractivity contribution is -0.0251. The van der Waals surface area contributed by atoms with Gasteiger partial charge in [0, 0.05) is 52.0 Å².